The van der Waals surface area contributed by atoms with E-state index in [0.29, 0.717) is 17.7 Å². The molecule has 106 valence electrons. The summed E-state index contributed by atoms with van der Waals surface area (Å²) >= 11 is 0. The van der Waals surface area contributed by atoms with Gasteiger partial charge in [-0.05, 0) is 58.4 Å². The standard InChI is InChI=1S/C16H31NO/c1-13(11-14(2)17-3)12-15-7-10-16(18-15)8-5-4-6-9-16/h13-15,17H,4-12H2,1-3H3. The predicted molar refractivity (Wildman–Crippen MR) is 76.8 cm³/mol. The van der Waals surface area contributed by atoms with Crippen molar-refractivity contribution in [3.63, 3.8) is 0 Å². The second-order valence-corrected chi connectivity index (χ2v) is 6.79. The van der Waals surface area contributed by atoms with Crippen LogP contribution in [0.4, 0.5) is 0 Å². The molecular weight excluding hydrogens is 222 g/mol. The fourth-order valence-corrected chi connectivity index (χ4v) is 3.89. The summed E-state index contributed by atoms with van der Waals surface area (Å²) in [4.78, 5) is 0. The van der Waals surface area contributed by atoms with E-state index in [9.17, 15) is 0 Å². The summed E-state index contributed by atoms with van der Waals surface area (Å²) in [7, 11) is 2.06. The summed E-state index contributed by atoms with van der Waals surface area (Å²) in [6.07, 6.45) is 12.5. The van der Waals surface area contributed by atoms with E-state index in [-0.39, 0.29) is 0 Å². The highest BCUT2D eigenvalue weighted by Gasteiger charge is 2.40. The molecule has 2 nitrogen and oxygen atoms in total. The third-order valence-electron chi connectivity index (χ3n) is 5.02. The zero-order chi connectivity index (χ0) is 13.0. The van der Waals surface area contributed by atoms with Gasteiger partial charge in [-0.1, -0.05) is 26.2 Å². The fourth-order valence-electron chi connectivity index (χ4n) is 3.89. The normalized spacial score (nSPS) is 30.5. The van der Waals surface area contributed by atoms with E-state index in [0.717, 1.165) is 5.92 Å². The molecule has 1 aliphatic heterocycles. The molecule has 0 bridgehead atoms. The second kappa shape index (κ2) is 6.38. The van der Waals surface area contributed by atoms with Crippen LogP contribution in [0.15, 0.2) is 0 Å². The smallest absolute Gasteiger partial charge is 0.0687 e. The molecule has 1 aliphatic carbocycles. The average Bonchev–Trinajstić information content (AvgIpc) is 2.72. The lowest BCUT2D eigenvalue weighted by molar-refractivity contribution is -0.0696. The van der Waals surface area contributed by atoms with Gasteiger partial charge in [-0.3, -0.25) is 0 Å². The Morgan fingerprint density at radius 3 is 2.56 bits per heavy atom. The minimum absolute atomic E-state index is 0.303. The van der Waals surface area contributed by atoms with Crippen LogP contribution in [-0.4, -0.2) is 24.8 Å². The first-order valence-electron chi connectivity index (χ1n) is 7.99. The highest BCUT2D eigenvalue weighted by molar-refractivity contribution is 4.91. The molecule has 3 atom stereocenters. The zero-order valence-electron chi connectivity index (χ0n) is 12.5. The van der Waals surface area contributed by atoms with Crippen LogP contribution in [0.1, 0.15) is 71.6 Å². The lowest BCUT2D eigenvalue weighted by Gasteiger charge is -2.33. The van der Waals surface area contributed by atoms with E-state index >= 15 is 0 Å². The van der Waals surface area contributed by atoms with Gasteiger partial charge in [0.1, 0.15) is 0 Å². The molecular formula is C16H31NO. The fraction of sp³-hybridized carbons (Fsp3) is 1.00. The largest absolute Gasteiger partial charge is 0.372 e. The highest BCUT2D eigenvalue weighted by Crippen LogP contribution is 2.43. The van der Waals surface area contributed by atoms with Crippen LogP contribution < -0.4 is 5.32 Å². The van der Waals surface area contributed by atoms with Crippen LogP contribution in [0.2, 0.25) is 0 Å². The van der Waals surface area contributed by atoms with Gasteiger partial charge in [0, 0.05) is 6.04 Å². The first kappa shape index (κ1) is 14.3. The SMILES string of the molecule is CNC(C)CC(C)CC1CCC2(CCCCC2)O1. The lowest BCUT2D eigenvalue weighted by Crippen LogP contribution is -2.32. The van der Waals surface area contributed by atoms with Gasteiger partial charge in [-0.15, -0.1) is 0 Å². The van der Waals surface area contributed by atoms with E-state index in [2.05, 4.69) is 26.2 Å². The summed E-state index contributed by atoms with van der Waals surface area (Å²) in [6, 6.07) is 0.630. The van der Waals surface area contributed by atoms with Gasteiger partial charge >= 0.3 is 0 Å². The van der Waals surface area contributed by atoms with Crippen LogP contribution in [0, 0.1) is 5.92 Å². The molecule has 1 saturated carbocycles. The van der Waals surface area contributed by atoms with Crippen molar-refractivity contribution in [2.24, 2.45) is 5.92 Å². The molecule has 0 aromatic rings. The quantitative estimate of drug-likeness (QED) is 0.802. The first-order valence-corrected chi connectivity index (χ1v) is 7.99. The van der Waals surface area contributed by atoms with E-state index in [1.165, 1.54) is 57.8 Å². The number of rotatable bonds is 5. The van der Waals surface area contributed by atoms with E-state index in [1.54, 1.807) is 0 Å². The van der Waals surface area contributed by atoms with Crippen LogP contribution >= 0.6 is 0 Å². The van der Waals surface area contributed by atoms with E-state index in [4.69, 9.17) is 4.74 Å². The molecule has 1 heterocycles. The van der Waals surface area contributed by atoms with Crippen molar-refractivity contribution in [3.05, 3.63) is 0 Å². The van der Waals surface area contributed by atoms with Crippen molar-refractivity contribution in [1.29, 1.82) is 0 Å². The molecule has 0 aromatic heterocycles. The monoisotopic (exact) mass is 253 g/mol. The molecule has 1 spiro atoms. The van der Waals surface area contributed by atoms with Crippen molar-refractivity contribution in [2.45, 2.75) is 89.4 Å². The summed E-state index contributed by atoms with van der Waals surface area (Å²) in [5.41, 5.74) is 0.303. The van der Waals surface area contributed by atoms with Crippen molar-refractivity contribution in [2.75, 3.05) is 7.05 Å². The minimum Gasteiger partial charge on any atom is -0.372 e. The van der Waals surface area contributed by atoms with Gasteiger partial charge in [-0.2, -0.15) is 0 Å². The summed E-state index contributed by atoms with van der Waals surface area (Å²) in [6.45, 7) is 4.65. The molecule has 2 heteroatoms. The summed E-state index contributed by atoms with van der Waals surface area (Å²) < 4.78 is 6.46. The Kier molecular flexibility index (Phi) is 5.08. The molecule has 1 saturated heterocycles. The molecule has 18 heavy (non-hydrogen) atoms. The Labute approximate surface area is 113 Å². The third-order valence-corrected chi connectivity index (χ3v) is 5.02. The van der Waals surface area contributed by atoms with Crippen LogP contribution in [0.25, 0.3) is 0 Å². The van der Waals surface area contributed by atoms with E-state index < -0.39 is 0 Å². The lowest BCUT2D eigenvalue weighted by atomic mass is 9.83. The van der Waals surface area contributed by atoms with Crippen LogP contribution in [0.5, 0.6) is 0 Å². The number of ether oxygens (including phenoxy) is 1. The van der Waals surface area contributed by atoms with Gasteiger partial charge in [0.25, 0.3) is 0 Å². The predicted octanol–water partition coefficient (Wildman–Crippen LogP) is 3.89. The molecule has 0 amide bonds. The molecule has 2 rings (SSSR count). The Morgan fingerprint density at radius 1 is 1.17 bits per heavy atom. The number of hydrogen-bond acceptors (Lipinski definition) is 2. The van der Waals surface area contributed by atoms with Crippen molar-refractivity contribution < 1.29 is 4.74 Å². The van der Waals surface area contributed by atoms with Crippen LogP contribution in [0.3, 0.4) is 0 Å². The molecule has 1 N–H and O–H groups in total. The first-order chi connectivity index (χ1) is 8.63. The molecule has 0 radical (unpaired) electrons. The van der Waals surface area contributed by atoms with Gasteiger partial charge in [0.15, 0.2) is 0 Å². The van der Waals surface area contributed by atoms with Gasteiger partial charge < -0.3 is 10.1 Å². The maximum atomic E-state index is 6.46. The molecule has 2 fully saturated rings. The zero-order valence-corrected chi connectivity index (χ0v) is 12.5. The second-order valence-electron chi connectivity index (χ2n) is 6.79. The Hall–Kier alpha value is -0.0800. The third kappa shape index (κ3) is 3.71. The number of hydrogen-bond donors (Lipinski definition) is 1. The molecule has 0 aromatic carbocycles. The van der Waals surface area contributed by atoms with Crippen molar-refractivity contribution in [1.82, 2.24) is 5.32 Å². The van der Waals surface area contributed by atoms with Gasteiger partial charge in [-0.25, -0.2) is 0 Å². The van der Waals surface area contributed by atoms with E-state index in [1.807, 2.05) is 0 Å². The Bertz CT molecular complexity index is 247. The summed E-state index contributed by atoms with van der Waals surface area (Å²) in [5.74, 6) is 0.774. The van der Waals surface area contributed by atoms with Crippen molar-refractivity contribution in [3.8, 4) is 0 Å². The molecule has 2 aliphatic rings. The average molecular weight is 253 g/mol. The number of nitrogens with one attached hydrogen (secondary N) is 1. The van der Waals surface area contributed by atoms with Gasteiger partial charge in [0.2, 0.25) is 0 Å². The maximum Gasteiger partial charge on any atom is 0.0687 e. The highest BCUT2D eigenvalue weighted by atomic mass is 16.5. The topological polar surface area (TPSA) is 21.3 Å². The van der Waals surface area contributed by atoms with Crippen LogP contribution in [-0.2, 0) is 4.74 Å². The minimum atomic E-state index is 0.303. The summed E-state index contributed by atoms with van der Waals surface area (Å²) in [5, 5.41) is 3.34. The Balaban J connectivity index is 1.75. The van der Waals surface area contributed by atoms with Crippen molar-refractivity contribution >= 4 is 0 Å². The maximum absolute atomic E-state index is 6.46. The Morgan fingerprint density at radius 2 is 1.89 bits per heavy atom. The van der Waals surface area contributed by atoms with Gasteiger partial charge in [0.05, 0.1) is 11.7 Å². The molecule has 3 unspecified atom stereocenters.